The Kier molecular flexibility index (Phi) is 6.06. The number of esters is 1. The number of pyridine rings is 1. The van der Waals surface area contributed by atoms with Crippen molar-refractivity contribution in [1.29, 1.82) is 0 Å². The molecule has 0 radical (unpaired) electrons. The molecule has 202 valence electrons. The van der Waals surface area contributed by atoms with E-state index in [9.17, 15) is 14.4 Å². The average molecular weight is 540 g/mol. The molecule has 5 aromatic rings. The molecule has 0 amide bonds. The van der Waals surface area contributed by atoms with E-state index in [0.29, 0.717) is 39.3 Å². The fourth-order valence-corrected chi connectivity index (χ4v) is 5.36. The molecule has 9 nitrogen and oxygen atoms in total. The Morgan fingerprint density at radius 1 is 0.875 bits per heavy atom. The van der Waals surface area contributed by atoms with Crippen molar-refractivity contribution < 1.29 is 28.2 Å². The molecule has 0 unspecified atom stereocenters. The van der Waals surface area contributed by atoms with E-state index < -0.39 is 11.9 Å². The summed E-state index contributed by atoms with van der Waals surface area (Å²) >= 11 is 0. The first kappa shape index (κ1) is 25.2. The third-order valence-corrected chi connectivity index (χ3v) is 7.41. The predicted molar refractivity (Wildman–Crippen MR) is 149 cm³/mol. The van der Waals surface area contributed by atoms with Gasteiger partial charge in [0.25, 0.3) is 5.56 Å². The zero-order valence-electron chi connectivity index (χ0n) is 22.3. The molecule has 1 aliphatic rings. The lowest BCUT2D eigenvalue weighted by molar-refractivity contribution is -0.135. The molecule has 0 spiro atoms. The van der Waals surface area contributed by atoms with Crippen LogP contribution in [0.3, 0.4) is 0 Å². The molecule has 0 N–H and O–H groups in total. The number of hydrogen-bond donors (Lipinski definition) is 0. The van der Waals surface area contributed by atoms with E-state index in [2.05, 4.69) is 0 Å². The van der Waals surface area contributed by atoms with Gasteiger partial charge in [-0.05, 0) is 41.3 Å². The van der Waals surface area contributed by atoms with Gasteiger partial charge in [0, 0.05) is 36.2 Å². The van der Waals surface area contributed by atoms with Crippen molar-refractivity contribution in [2.75, 3.05) is 21.3 Å². The van der Waals surface area contributed by atoms with E-state index in [-0.39, 0.29) is 39.9 Å². The molecule has 0 fully saturated rings. The molecule has 40 heavy (non-hydrogen) atoms. The summed E-state index contributed by atoms with van der Waals surface area (Å²) in [5.41, 5.74) is 2.07. The van der Waals surface area contributed by atoms with Crippen LogP contribution in [-0.4, -0.2) is 31.9 Å². The summed E-state index contributed by atoms with van der Waals surface area (Å²) < 4.78 is 29.3. The van der Waals surface area contributed by atoms with Gasteiger partial charge in [0.05, 0.1) is 38.8 Å². The lowest BCUT2D eigenvalue weighted by Gasteiger charge is -2.26. The second kappa shape index (κ2) is 9.60. The van der Waals surface area contributed by atoms with E-state index in [4.69, 9.17) is 23.4 Å². The van der Waals surface area contributed by atoms with E-state index in [1.54, 1.807) is 63.7 Å². The van der Waals surface area contributed by atoms with Crippen molar-refractivity contribution in [3.8, 4) is 34.1 Å². The van der Waals surface area contributed by atoms with Crippen LogP contribution in [-0.2, 0) is 11.8 Å². The van der Waals surface area contributed by atoms with Crippen LogP contribution in [0.1, 0.15) is 23.5 Å². The summed E-state index contributed by atoms with van der Waals surface area (Å²) in [5, 5.41) is 0.985. The van der Waals surface area contributed by atoms with Gasteiger partial charge >= 0.3 is 5.97 Å². The van der Waals surface area contributed by atoms with Crippen molar-refractivity contribution in [3.05, 3.63) is 92.6 Å². The molecule has 1 aliphatic heterocycles. The number of hydrogen-bond acceptors (Lipinski definition) is 8. The van der Waals surface area contributed by atoms with E-state index in [1.165, 1.54) is 24.0 Å². The summed E-state index contributed by atoms with van der Waals surface area (Å²) in [6.07, 6.45) is 1.28. The molecule has 3 aromatic carbocycles. The third-order valence-electron chi connectivity index (χ3n) is 7.41. The molecular formula is C31H25NO8. The van der Waals surface area contributed by atoms with Crippen LogP contribution in [0.4, 0.5) is 0 Å². The molecular weight excluding hydrogens is 514 g/mol. The van der Waals surface area contributed by atoms with Crippen molar-refractivity contribution in [1.82, 2.24) is 4.57 Å². The topological polar surface area (TPSA) is 106 Å². The minimum Gasteiger partial charge on any atom is -0.497 e. The Balaban J connectivity index is 1.61. The van der Waals surface area contributed by atoms with Crippen molar-refractivity contribution in [2.24, 2.45) is 7.05 Å². The van der Waals surface area contributed by atoms with Gasteiger partial charge in [0.1, 0.15) is 40.2 Å². The van der Waals surface area contributed by atoms with Crippen molar-refractivity contribution in [3.63, 3.8) is 0 Å². The van der Waals surface area contributed by atoms with E-state index >= 15 is 0 Å². The number of ether oxygens (including phenoxy) is 4. The standard InChI is InChI=1S/C31H25NO8/c1-32-23-12-19(37-3)10-7-17(23)11-21(31(32)35)20-13-26(33)40-25-14-24(38-4)28-29(34)22(15-39-30(28)27(20)25)16-5-8-18(36-2)9-6-16/h5-12,14-15,20H,13H2,1-4H3/t20-/m1/s1. The Labute approximate surface area is 228 Å². The molecule has 9 heteroatoms. The summed E-state index contributed by atoms with van der Waals surface area (Å²) in [6, 6.07) is 15.8. The fourth-order valence-electron chi connectivity index (χ4n) is 5.36. The first-order chi connectivity index (χ1) is 19.3. The normalized spacial score (nSPS) is 14.6. The summed E-state index contributed by atoms with van der Waals surface area (Å²) in [4.78, 5) is 40.3. The van der Waals surface area contributed by atoms with Gasteiger partial charge in [-0.25, -0.2) is 0 Å². The van der Waals surface area contributed by atoms with Crippen molar-refractivity contribution >= 4 is 27.8 Å². The van der Waals surface area contributed by atoms with E-state index in [1.807, 2.05) is 6.07 Å². The van der Waals surface area contributed by atoms with Crippen LogP contribution in [0, 0.1) is 0 Å². The minimum atomic E-state index is -0.718. The van der Waals surface area contributed by atoms with Gasteiger partial charge < -0.3 is 27.9 Å². The highest BCUT2D eigenvalue weighted by Crippen LogP contribution is 2.45. The number of carbonyl (C=O) groups is 1. The van der Waals surface area contributed by atoms with Crippen LogP contribution >= 0.6 is 0 Å². The Morgan fingerprint density at radius 3 is 2.30 bits per heavy atom. The maximum absolute atomic E-state index is 13.9. The van der Waals surface area contributed by atoms with Gasteiger partial charge in [0.15, 0.2) is 0 Å². The monoisotopic (exact) mass is 539 g/mol. The lowest BCUT2D eigenvalue weighted by atomic mass is 9.85. The van der Waals surface area contributed by atoms with Crippen LogP contribution < -0.4 is 29.9 Å². The number of benzene rings is 3. The van der Waals surface area contributed by atoms with Crippen molar-refractivity contribution in [2.45, 2.75) is 12.3 Å². The maximum atomic E-state index is 13.9. The number of fused-ring (bicyclic) bond motifs is 4. The second-order valence-electron chi connectivity index (χ2n) is 9.52. The van der Waals surface area contributed by atoms with Gasteiger partial charge in [-0.15, -0.1) is 0 Å². The fraction of sp³-hybridized carbons (Fsp3) is 0.194. The zero-order chi connectivity index (χ0) is 28.1. The Morgan fingerprint density at radius 2 is 1.60 bits per heavy atom. The zero-order valence-corrected chi connectivity index (χ0v) is 22.3. The minimum absolute atomic E-state index is 0.102. The first-order valence-electron chi connectivity index (χ1n) is 12.5. The van der Waals surface area contributed by atoms with Gasteiger partial charge in [-0.3, -0.25) is 14.4 Å². The number of methoxy groups -OCH3 is 3. The first-order valence-corrected chi connectivity index (χ1v) is 12.5. The average Bonchev–Trinajstić information content (AvgIpc) is 2.98. The molecule has 3 heterocycles. The van der Waals surface area contributed by atoms with Gasteiger partial charge in [-0.2, -0.15) is 0 Å². The summed E-state index contributed by atoms with van der Waals surface area (Å²) in [7, 11) is 6.22. The quantitative estimate of drug-likeness (QED) is 0.232. The smallest absolute Gasteiger partial charge is 0.312 e. The predicted octanol–water partition coefficient (Wildman–Crippen LogP) is 4.78. The number of nitrogens with zero attached hydrogens (tertiary/aromatic N) is 1. The van der Waals surface area contributed by atoms with Crippen LogP contribution in [0.15, 0.2) is 74.9 Å². The summed E-state index contributed by atoms with van der Waals surface area (Å²) in [5.74, 6) is 0.431. The highest BCUT2D eigenvalue weighted by molar-refractivity contribution is 5.94. The molecule has 2 aromatic heterocycles. The number of carbonyl (C=O) groups excluding carboxylic acids is 1. The SMILES string of the molecule is COc1ccc(-c2coc3c4c(cc(OC)c3c2=O)OC(=O)C[C@@H]4c2cc3ccc(OC)cc3n(C)c2=O)cc1. The van der Waals surface area contributed by atoms with Crippen LogP contribution in [0.25, 0.3) is 33.0 Å². The highest BCUT2D eigenvalue weighted by atomic mass is 16.5. The Bertz CT molecular complexity index is 1940. The molecule has 0 saturated carbocycles. The van der Waals surface area contributed by atoms with E-state index in [0.717, 1.165) is 5.39 Å². The van der Waals surface area contributed by atoms with Crippen LogP contribution in [0.2, 0.25) is 0 Å². The molecule has 0 aliphatic carbocycles. The van der Waals surface area contributed by atoms with Gasteiger partial charge in [0.2, 0.25) is 5.43 Å². The molecule has 0 bridgehead atoms. The molecule has 1 atom stereocenters. The third kappa shape index (κ3) is 3.89. The largest absolute Gasteiger partial charge is 0.497 e. The number of aryl methyl sites for hydroxylation is 1. The maximum Gasteiger partial charge on any atom is 0.312 e. The Hall–Kier alpha value is -5.05. The molecule has 0 saturated heterocycles. The number of aromatic nitrogens is 1. The van der Waals surface area contributed by atoms with Crippen LogP contribution in [0.5, 0.6) is 23.0 Å². The highest BCUT2D eigenvalue weighted by Gasteiger charge is 2.35. The molecule has 6 rings (SSSR count). The number of rotatable bonds is 5. The second-order valence-corrected chi connectivity index (χ2v) is 9.52. The summed E-state index contributed by atoms with van der Waals surface area (Å²) in [6.45, 7) is 0. The lowest BCUT2D eigenvalue weighted by Crippen LogP contribution is -2.29. The van der Waals surface area contributed by atoms with Gasteiger partial charge in [-0.1, -0.05) is 12.1 Å².